The summed E-state index contributed by atoms with van der Waals surface area (Å²) in [5.41, 5.74) is 4.34. The summed E-state index contributed by atoms with van der Waals surface area (Å²) in [6, 6.07) is 3.41. The SMILES string of the molecule is Cc1nc2c(cc(-c3nsc(N4CCN(C)CC4)n3)n2C)c(-c2cc(F)c3c(c2C)CCCO3)c1[C@H](OC(C)(C)C)C(=O)O. The van der Waals surface area contributed by atoms with Crippen molar-refractivity contribution in [3.63, 3.8) is 0 Å². The van der Waals surface area contributed by atoms with Gasteiger partial charge in [-0.3, -0.25) is 0 Å². The molecule has 0 bridgehead atoms. The Morgan fingerprint density at radius 1 is 1.14 bits per heavy atom. The number of halogens is 1. The number of nitrogens with zero attached hydrogens (tertiary/aromatic N) is 6. The number of aryl methyl sites for hydroxylation is 2. The zero-order valence-corrected chi connectivity index (χ0v) is 27.1. The molecule has 1 aromatic carbocycles. The van der Waals surface area contributed by atoms with E-state index in [1.54, 1.807) is 6.92 Å². The number of fused-ring (bicyclic) bond motifs is 2. The summed E-state index contributed by atoms with van der Waals surface area (Å²) in [7, 11) is 4.02. The summed E-state index contributed by atoms with van der Waals surface area (Å²) < 4.78 is 34.2. The molecule has 0 amide bonds. The monoisotopic (exact) mass is 622 g/mol. The highest BCUT2D eigenvalue weighted by atomic mass is 32.1. The average Bonchev–Trinajstić information content (AvgIpc) is 3.58. The van der Waals surface area contributed by atoms with Gasteiger partial charge in [-0.05, 0) is 77.8 Å². The van der Waals surface area contributed by atoms with Crippen molar-refractivity contribution in [2.75, 3.05) is 44.7 Å². The van der Waals surface area contributed by atoms with Crippen molar-refractivity contribution >= 4 is 33.7 Å². The number of anilines is 1. The van der Waals surface area contributed by atoms with Crippen LogP contribution in [0.1, 0.15) is 55.7 Å². The molecular formula is C32H39FN6O4S. The van der Waals surface area contributed by atoms with E-state index in [1.165, 1.54) is 17.6 Å². The van der Waals surface area contributed by atoms with Gasteiger partial charge in [0.05, 0.1) is 17.9 Å². The van der Waals surface area contributed by atoms with Crippen LogP contribution in [-0.2, 0) is 23.0 Å². The minimum absolute atomic E-state index is 0.277. The third-order valence-electron chi connectivity index (χ3n) is 8.48. The maximum atomic E-state index is 15.7. The molecule has 234 valence electrons. The molecule has 6 rings (SSSR count). The van der Waals surface area contributed by atoms with Crippen LogP contribution in [0, 0.1) is 19.7 Å². The maximum absolute atomic E-state index is 15.7. The van der Waals surface area contributed by atoms with Crippen LogP contribution in [0.5, 0.6) is 5.75 Å². The second-order valence-corrected chi connectivity index (χ2v) is 13.5. The molecule has 2 aliphatic heterocycles. The standard InChI is InChI=1S/C32H39FN6O4S/c1-17-19-9-8-14-42-26(19)22(33)15-20(17)25-21-16-23(28-35-31(44-36-28)39-12-10-37(6)11-13-39)38(7)29(21)34-18(2)24(25)27(30(40)41)43-32(3,4)5/h15-16,27H,8-14H2,1-7H3,(H,40,41)/t27-/m0/s1. The minimum atomic E-state index is -1.33. The van der Waals surface area contributed by atoms with Crippen molar-refractivity contribution in [3.05, 3.63) is 40.3 Å². The van der Waals surface area contributed by atoms with Gasteiger partial charge in [-0.2, -0.15) is 9.36 Å². The Bertz CT molecular complexity index is 1750. The lowest BCUT2D eigenvalue weighted by molar-refractivity contribution is -0.160. The van der Waals surface area contributed by atoms with Crippen LogP contribution in [0.25, 0.3) is 33.7 Å². The van der Waals surface area contributed by atoms with E-state index < -0.39 is 23.5 Å². The number of piperazine rings is 1. The van der Waals surface area contributed by atoms with Crippen LogP contribution < -0.4 is 9.64 Å². The summed E-state index contributed by atoms with van der Waals surface area (Å²) in [5, 5.41) is 12.0. The van der Waals surface area contributed by atoms with Crippen molar-refractivity contribution in [1.29, 1.82) is 0 Å². The third-order valence-corrected chi connectivity index (χ3v) is 9.26. The molecule has 0 spiro atoms. The minimum Gasteiger partial charge on any atom is -0.490 e. The number of aromatic nitrogens is 4. The summed E-state index contributed by atoms with van der Waals surface area (Å²) in [5.74, 6) is -0.763. The van der Waals surface area contributed by atoms with Gasteiger partial charge in [-0.25, -0.2) is 14.2 Å². The largest absolute Gasteiger partial charge is 0.490 e. The second-order valence-electron chi connectivity index (χ2n) is 12.7. The van der Waals surface area contributed by atoms with E-state index in [0.717, 1.165) is 54.6 Å². The zero-order chi connectivity index (χ0) is 31.5. The Hall–Kier alpha value is -3.61. The van der Waals surface area contributed by atoms with E-state index >= 15 is 4.39 Å². The molecule has 12 heteroatoms. The fourth-order valence-corrected chi connectivity index (χ4v) is 6.96. The van der Waals surface area contributed by atoms with Gasteiger partial charge in [0.25, 0.3) is 0 Å². The Morgan fingerprint density at radius 2 is 1.86 bits per heavy atom. The van der Waals surface area contributed by atoms with Crippen LogP contribution >= 0.6 is 11.5 Å². The fourth-order valence-electron chi connectivity index (χ4n) is 6.23. The molecule has 5 heterocycles. The summed E-state index contributed by atoms with van der Waals surface area (Å²) >= 11 is 1.36. The number of carboxylic acids is 1. The maximum Gasteiger partial charge on any atom is 0.337 e. The van der Waals surface area contributed by atoms with Crippen molar-refractivity contribution in [2.45, 2.75) is 59.2 Å². The van der Waals surface area contributed by atoms with E-state index in [-0.39, 0.29) is 5.75 Å². The molecule has 0 aliphatic carbocycles. The van der Waals surface area contributed by atoms with Gasteiger partial charge in [0.2, 0.25) is 5.13 Å². The number of benzene rings is 1. The molecule has 2 aliphatic rings. The van der Waals surface area contributed by atoms with Gasteiger partial charge in [-0.1, -0.05) is 0 Å². The highest BCUT2D eigenvalue weighted by Crippen LogP contribution is 2.45. The predicted molar refractivity (Wildman–Crippen MR) is 169 cm³/mol. The smallest absolute Gasteiger partial charge is 0.337 e. The van der Waals surface area contributed by atoms with Crippen molar-refractivity contribution < 1.29 is 23.8 Å². The normalized spacial score (nSPS) is 16.7. The molecule has 1 saturated heterocycles. The number of carbonyl (C=O) groups is 1. The molecule has 0 unspecified atom stereocenters. The van der Waals surface area contributed by atoms with Crippen LogP contribution in [0.4, 0.5) is 9.52 Å². The lowest BCUT2D eigenvalue weighted by Gasteiger charge is -2.31. The van der Waals surface area contributed by atoms with Gasteiger partial charge < -0.3 is 28.9 Å². The molecule has 1 atom stereocenters. The molecular weight excluding hydrogens is 583 g/mol. The first-order valence-electron chi connectivity index (χ1n) is 15.0. The summed E-state index contributed by atoms with van der Waals surface area (Å²) in [6.45, 7) is 13.3. The predicted octanol–water partition coefficient (Wildman–Crippen LogP) is 5.53. The van der Waals surface area contributed by atoms with E-state index in [1.807, 2.05) is 45.4 Å². The molecule has 10 nitrogen and oxygen atoms in total. The second kappa shape index (κ2) is 11.4. The molecule has 0 radical (unpaired) electrons. The highest BCUT2D eigenvalue weighted by Gasteiger charge is 2.35. The van der Waals surface area contributed by atoms with Gasteiger partial charge in [-0.15, -0.1) is 0 Å². The Morgan fingerprint density at radius 3 is 2.55 bits per heavy atom. The number of likely N-dealkylation sites (N-methyl/N-ethyl adjacent to an activating group) is 1. The van der Waals surface area contributed by atoms with Gasteiger partial charge >= 0.3 is 5.97 Å². The fraction of sp³-hybridized carbons (Fsp3) is 0.500. The number of aliphatic carboxylic acids is 1. The Kier molecular flexibility index (Phi) is 7.87. The van der Waals surface area contributed by atoms with E-state index in [4.69, 9.17) is 23.8 Å². The molecule has 3 aromatic heterocycles. The van der Waals surface area contributed by atoms with Gasteiger partial charge in [0.1, 0.15) is 5.65 Å². The lowest BCUT2D eigenvalue weighted by Crippen LogP contribution is -2.44. The highest BCUT2D eigenvalue weighted by molar-refractivity contribution is 7.09. The zero-order valence-electron chi connectivity index (χ0n) is 26.3. The topological polar surface area (TPSA) is 106 Å². The molecule has 1 N–H and O–H groups in total. The first-order valence-corrected chi connectivity index (χ1v) is 15.7. The average molecular weight is 623 g/mol. The number of hydrogen-bond acceptors (Lipinski definition) is 9. The van der Waals surface area contributed by atoms with Crippen molar-refractivity contribution in [2.24, 2.45) is 7.05 Å². The van der Waals surface area contributed by atoms with Crippen LogP contribution in [0.3, 0.4) is 0 Å². The van der Waals surface area contributed by atoms with Crippen LogP contribution in [0.15, 0.2) is 12.1 Å². The molecule has 44 heavy (non-hydrogen) atoms. The number of pyridine rings is 1. The molecule has 1 fully saturated rings. The number of rotatable bonds is 6. The van der Waals surface area contributed by atoms with Gasteiger partial charge in [0.15, 0.2) is 23.5 Å². The van der Waals surface area contributed by atoms with Crippen molar-refractivity contribution in [3.8, 4) is 28.4 Å². The number of carboxylic acid groups (broad SMARTS) is 1. The lowest BCUT2D eigenvalue weighted by atomic mass is 9.86. The molecule has 4 aromatic rings. The summed E-state index contributed by atoms with van der Waals surface area (Å²) in [4.78, 5) is 27.2. The quantitative estimate of drug-likeness (QED) is 0.297. The van der Waals surface area contributed by atoms with Crippen LogP contribution in [0.2, 0.25) is 0 Å². The van der Waals surface area contributed by atoms with Crippen LogP contribution in [-0.4, -0.2) is 80.3 Å². The first kappa shape index (κ1) is 30.4. The van der Waals surface area contributed by atoms with Crippen molar-refractivity contribution in [1.82, 2.24) is 23.8 Å². The Labute approximate surface area is 260 Å². The number of hydrogen-bond donors (Lipinski definition) is 1. The third kappa shape index (κ3) is 5.43. The molecule has 0 saturated carbocycles. The van der Waals surface area contributed by atoms with E-state index in [0.29, 0.717) is 52.3 Å². The first-order chi connectivity index (χ1) is 20.8. The summed E-state index contributed by atoms with van der Waals surface area (Å²) in [6.07, 6.45) is 0.120. The van der Waals surface area contributed by atoms with E-state index in [9.17, 15) is 9.90 Å². The number of ether oxygens (including phenoxy) is 2. The Balaban J connectivity index is 1.59. The van der Waals surface area contributed by atoms with E-state index in [2.05, 4.69) is 16.8 Å². The van der Waals surface area contributed by atoms with Gasteiger partial charge in [0, 0.05) is 72.5 Å².